The molecule has 1 aromatic carbocycles. The number of nitrogens with one attached hydrogen (secondary N) is 2. The Morgan fingerprint density at radius 2 is 2.07 bits per heavy atom. The largest absolute Gasteiger partial charge is 0.394 e. The maximum Gasteiger partial charge on any atom is 0.268 e. The highest BCUT2D eigenvalue weighted by Gasteiger charge is 2.22. The van der Waals surface area contributed by atoms with Gasteiger partial charge in [-0.1, -0.05) is 23.7 Å². The number of aromatic amines is 1. The summed E-state index contributed by atoms with van der Waals surface area (Å²) in [6.07, 6.45) is 1.72. The van der Waals surface area contributed by atoms with Gasteiger partial charge in [-0.2, -0.15) is 0 Å². The van der Waals surface area contributed by atoms with Gasteiger partial charge in [-0.3, -0.25) is 4.79 Å². The third-order valence-electron chi connectivity index (χ3n) is 4.80. The van der Waals surface area contributed by atoms with Crippen LogP contribution in [0, 0.1) is 20.8 Å². The zero-order valence-electron chi connectivity index (χ0n) is 16.0. The quantitative estimate of drug-likeness (QED) is 0.526. The molecule has 0 unspecified atom stereocenters. The summed E-state index contributed by atoms with van der Waals surface area (Å²) in [5, 5.41) is 13.2. The van der Waals surface area contributed by atoms with E-state index in [0.717, 1.165) is 33.5 Å². The van der Waals surface area contributed by atoms with Crippen molar-refractivity contribution < 1.29 is 9.90 Å². The molecule has 0 spiro atoms. The number of anilines is 1. The minimum Gasteiger partial charge on any atom is -0.394 e. The summed E-state index contributed by atoms with van der Waals surface area (Å²) < 4.78 is 0. The van der Waals surface area contributed by atoms with Crippen molar-refractivity contribution in [2.75, 3.05) is 12.3 Å². The van der Waals surface area contributed by atoms with Gasteiger partial charge < -0.3 is 21.1 Å². The second-order valence-electron chi connectivity index (χ2n) is 6.81. The van der Waals surface area contributed by atoms with Crippen molar-refractivity contribution in [3.05, 3.63) is 69.6 Å². The normalized spacial score (nSPS) is 12.0. The highest BCUT2D eigenvalue weighted by Crippen LogP contribution is 2.32. The number of hydrogen-bond donors (Lipinski definition) is 4. The number of aromatic nitrogens is 2. The number of pyridine rings is 1. The lowest BCUT2D eigenvalue weighted by Gasteiger charge is -2.17. The van der Waals surface area contributed by atoms with E-state index in [0.29, 0.717) is 16.5 Å². The van der Waals surface area contributed by atoms with Crippen molar-refractivity contribution in [1.82, 2.24) is 15.3 Å². The number of amides is 1. The van der Waals surface area contributed by atoms with E-state index >= 15 is 0 Å². The third-order valence-corrected chi connectivity index (χ3v) is 5.03. The molecule has 7 heteroatoms. The van der Waals surface area contributed by atoms with Gasteiger partial charge in [0.1, 0.15) is 11.5 Å². The summed E-state index contributed by atoms with van der Waals surface area (Å²) >= 11 is 6.03. The van der Waals surface area contributed by atoms with Crippen molar-refractivity contribution in [2.24, 2.45) is 0 Å². The number of hydrogen-bond acceptors (Lipinski definition) is 4. The van der Waals surface area contributed by atoms with Crippen LogP contribution in [0.3, 0.4) is 0 Å². The second kappa shape index (κ2) is 8.04. The van der Waals surface area contributed by atoms with E-state index in [1.54, 1.807) is 24.4 Å². The van der Waals surface area contributed by atoms with Crippen molar-refractivity contribution >= 4 is 23.3 Å². The number of aliphatic hydroxyl groups excluding tert-OH is 1. The zero-order chi connectivity index (χ0) is 20.4. The summed E-state index contributed by atoms with van der Waals surface area (Å²) in [6.45, 7) is 5.51. The molecule has 0 aliphatic heterocycles. The standard InChI is InChI=1S/C21H23ClN4O2/c1-11-9-24-18(23)8-16(11)19-12(2)20(25-13(19)3)21(28)26-17(10-27)14-5-4-6-15(22)7-14/h4-9,17,25,27H,10H2,1-3H3,(H2,23,24)(H,26,28)/t17-/m1/s1. The molecule has 2 aromatic heterocycles. The van der Waals surface area contributed by atoms with Crippen LogP contribution in [0.4, 0.5) is 5.82 Å². The van der Waals surface area contributed by atoms with Gasteiger partial charge in [0, 0.05) is 22.5 Å². The van der Waals surface area contributed by atoms with Crippen LogP contribution in [0.5, 0.6) is 0 Å². The van der Waals surface area contributed by atoms with Crippen molar-refractivity contribution in [3.63, 3.8) is 0 Å². The number of H-pyrrole nitrogens is 1. The summed E-state index contributed by atoms with van der Waals surface area (Å²) in [5.74, 6) is 0.124. The van der Waals surface area contributed by atoms with E-state index in [4.69, 9.17) is 17.3 Å². The fourth-order valence-corrected chi connectivity index (χ4v) is 3.58. The molecule has 5 N–H and O–H groups in total. The number of carbonyl (C=O) groups is 1. The molecular formula is C21H23ClN4O2. The average Bonchev–Trinajstić information content (AvgIpc) is 2.96. The van der Waals surface area contributed by atoms with E-state index in [-0.39, 0.29) is 12.5 Å². The first-order valence-corrected chi connectivity index (χ1v) is 9.28. The van der Waals surface area contributed by atoms with Gasteiger partial charge >= 0.3 is 0 Å². The van der Waals surface area contributed by atoms with Gasteiger partial charge in [0.25, 0.3) is 5.91 Å². The predicted molar refractivity (Wildman–Crippen MR) is 111 cm³/mol. The minimum atomic E-state index is -0.559. The predicted octanol–water partition coefficient (Wildman–Crippen LogP) is 3.70. The van der Waals surface area contributed by atoms with Gasteiger partial charge in [0.2, 0.25) is 0 Å². The van der Waals surface area contributed by atoms with Crippen LogP contribution in [0.1, 0.15) is 38.9 Å². The van der Waals surface area contributed by atoms with Gasteiger partial charge in [0.05, 0.1) is 12.6 Å². The van der Waals surface area contributed by atoms with Crippen molar-refractivity contribution in [1.29, 1.82) is 0 Å². The smallest absolute Gasteiger partial charge is 0.268 e. The molecule has 28 heavy (non-hydrogen) atoms. The summed E-state index contributed by atoms with van der Waals surface area (Å²) in [7, 11) is 0. The monoisotopic (exact) mass is 398 g/mol. The van der Waals surface area contributed by atoms with Crippen LogP contribution >= 0.6 is 11.6 Å². The summed E-state index contributed by atoms with van der Waals surface area (Å²) in [6, 6.07) is 8.32. The molecule has 146 valence electrons. The summed E-state index contributed by atoms with van der Waals surface area (Å²) in [5.41, 5.74) is 11.5. The summed E-state index contributed by atoms with van der Waals surface area (Å²) in [4.78, 5) is 20.2. The van der Waals surface area contributed by atoms with E-state index in [1.807, 2.05) is 32.9 Å². The van der Waals surface area contributed by atoms with Gasteiger partial charge in [0.15, 0.2) is 0 Å². The molecule has 1 atom stereocenters. The number of rotatable bonds is 5. The molecule has 3 rings (SSSR count). The van der Waals surface area contributed by atoms with Crippen LogP contribution < -0.4 is 11.1 Å². The SMILES string of the molecule is Cc1cnc(N)cc1-c1c(C)[nH]c(C(=O)N[C@H](CO)c2cccc(Cl)c2)c1C. The highest BCUT2D eigenvalue weighted by atomic mass is 35.5. The fourth-order valence-electron chi connectivity index (χ4n) is 3.38. The molecule has 0 saturated heterocycles. The average molecular weight is 399 g/mol. The van der Waals surface area contributed by atoms with Crippen LogP contribution in [0.2, 0.25) is 5.02 Å². The van der Waals surface area contributed by atoms with Crippen LogP contribution in [0.25, 0.3) is 11.1 Å². The number of aryl methyl sites for hydroxylation is 2. The molecule has 0 radical (unpaired) electrons. The van der Waals surface area contributed by atoms with Gasteiger partial charge in [-0.25, -0.2) is 4.98 Å². The maximum atomic E-state index is 12.9. The Balaban J connectivity index is 1.94. The molecule has 3 aromatic rings. The van der Waals surface area contributed by atoms with Crippen LogP contribution in [-0.4, -0.2) is 27.6 Å². The molecule has 1 amide bonds. The maximum absolute atomic E-state index is 12.9. The molecule has 0 saturated carbocycles. The molecular weight excluding hydrogens is 376 g/mol. The topological polar surface area (TPSA) is 104 Å². The van der Waals surface area contributed by atoms with Crippen molar-refractivity contribution in [2.45, 2.75) is 26.8 Å². The number of halogens is 1. The van der Waals surface area contributed by atoms with Crippen LogP contribution in [-0.2, 0) is 0 Å². The number of nitrogens with two attached hydrogens (primary N) is 1. The first kappa shape index (κ1) is 19.9. The Bertz CT molecular complexity index is 1030. The molecule has 0 fully saturated rings. The Labute approximate surface area is 168 Å². The van der Waals surface area contributed by atoms with E-state index in [2.05, 4.69) is 15.3 Å². The number of benzene rings is 1. The fraction of sp³-hybridized carbons (Fsp3) is 0.238. The Hall–Kier alpha value is -2.83. The lowest BCUT2D eigenvalue weighted by molar-refractivity contribution is 0.0911. The first-order chi connectivity index (χ1) is 13.3. The lowest BCUT2D eigenvalue weighted by Crippen LogP contribution is -2.31. The number of nitrogens with zero attached hydrogens (tertiary/aromatic N) is 1. The van der Waals surface area contributed by atoms with Crippen LogP contribution in [0.15, 0.2) is 36.5 Å². The van der Waals surface area contributed by atoms with E-state index in [1.165, 1.54) is 0 Å². The second-order valence-corrected chi connectivity index (χ2v) is 7.25. The third kappa shape index (κ3) is 3.88. The van der Waals surface area contributed by atoms with Crippen molar-refractivity contribution in [3.8, 4) is 11.1 Å². The molecule has 6 nitrogen and oxygen atoms in total. The van der Waals surface area contributed by atoms with Gasteiger partial charge in [-0.05, 0) is 61.2 Å². The number of carbonyl (C=O) groups excluding carboxylic acids is 1. The number of aliphatic hydroxyl groups is 1. The van der Waals surface area contributed by atoms with E-state index in [9.17, 15) is 9.90 Å². The first-order valence-electron chi connectivity index (χ1n) is 8.90. The molecule has 0 aliphatic carbocycles. The Kier molecular flexibility index (Phi) is 5.72. The zero-order valence-corrected chi connectivity index (χ0v) is 16.8. The lowest BCUT2D eigenvalue weighted by atomic mass is 9.98. The van der Waals surface area contributed by atoms with E-state index < -0.39 is 6.04 Å². The molecule has 2 heterocycles. The molecule has 0 bridgehead atoms. The number of nitrogen functional groups attached to an aromatic ring is 1. The highest BCUT2D eigenvalue weighted by molar-refractivity contribution is 6.30. The Morgan fingerprint density at radius 3 is 2.75 bits per heavy atom. The minimum absolute atomic E-state index is 0.238. The Morgan fingerprint density at radius 1 is 1.32 bits per heavy atom. The molecule has 0 aliphatic rings. The van der Waals surface area contributed by atoms with Gasteiger partial charge in [-0.15, -0.1) is 0 Å².